The van der Waals surface area contributed by atoms with Crippen molar-refractivity contribution in [2.24, 2.45) is 0 Å². The van der Waals surface area contributed by atoms with Crippen molar-refractivity contribution in [3.8, 4) is 5.75 Å². The number of thioether (sulfide) groups is 1. The second-order valence-electron chi connectivity index (χ2n) is 7.57. The summed E-state index contributed by atoms with van der Waals surface area (Å²) in [5.41, 5.74) is 1.65. The lowest BCUT2D eigenvalue weighted by molar-refractivity contribution is -0.135. The summed E-state index contributed by atoms with van der Waals surface area (Å²) in [7, 11) is 5.59. The topological polar surface area (TPSA) is 53.1 Å². The first kappa shape index (κ1) is 22.2. The van der Waals surface area contributed by atoms with Gasteiger partial charge < -0.3 is 19.4 Å². The molecule has 30 heavy (non-hydrogen) atoms. The van der Waals surface area contributed by atoms with Gasteiger partial charge in [0.05, 0.1) is 13.0 Å². The van der Waals surface area contributed by atoms with Gasteiger partial charge in [-0.1, -0.05) is 30.3 Å². The molecular formula is C23H29N3O3S. The first-order valence-electron chi connectivity index (χ1n) is 10.00. The zero-order valence-corrected chi connectivity index (χ0v) is 18.6. The van der Waals surface area contributed by atoms with Crippen LogP contribution in [0.4, 0.5) is 0 Å². The largest absolute Gasteiger partial charge is 0.497 e. The number of ether oxygens (including phenoxy) is 1. The SMILES string of the molecule is COc1ccc(C(=O)N2CSCC2C(=O)N(CCN(C)C)Cc2ccccc2)cc1. The average molecular weight is 428 g/mol. The molecule has 1 aliphatic rings. The minimum absolute atomic E-state index is 0.00700. The molecule has 160 valence electrons. The molecule has 0 aliphatic carbocycles. The summed E-state index contributed by atoms with van der Waals surface area (Å²) in [6, 6.07) is 16.6. The molecule has 0 radical (unpaired) electrons. The highest BCUT2D eigenvalue weighted by molar-refractivity contribution is 7.99. The summed E-state index contributed by atoms with van der Waals surface area (Å²) in [6.07, 6.45) is 0. The number of carbonyl (C=O) groups is 2. The molecule has 1 heterocycles. The first-order valence-corrected chi connectivity index (χ1v) is 11.1. The Morgan fingerprint density at radius 2 is 1.77 bits per heavy atom. The maximum atomic E-state index is 13.5. The zero-order valence-electron chi connectivity index (χ0n) is 17.8. The molecule has 1 aliphatic heterocycles. The highest BCUT2D eigenvalue weighted by Gasteiger charge is 2.37. The predicted molar refractivity (Wildman–Crippen MR) is 121 cm³/mol. The van der Waals surface area contributed by atoms with Crippen molar-refractivity contribution < 1.29 is 14.3 Å². The molecule has 1 saturated heterocycles. The Balaban J connectivity index is 1.76. The van der Waals surface area contributed by atoms with Gasteiger partial charge in [0.1, 0.15) is 11.8 Å². The minimum Gasteiger partial charge on any atom is -0.497 e. The van der Waals surface area contributed by atoms with Crippen LogP contribution in [0.1, 0.15) is 15.9 Å². The van der Waals surface area contributed by atoms with E-state index in [1.165, 1.54) is 0 Å². The standard InChI is InChI=1S/C23H29N3O3S/c1-24(2)13-14-25(15-18-7-5-4-6-8-18)23(28)21-16-30-17-26(21)22(27)19-9-11-20(29-3)12-10-19/h4-12,21H,13-17H2,1-3H3. The van der Waals surface area contributed by atoms with Crippen LogP contribution >= 0.6 is 11.8 Å². The molecule has 0 spiro atoms. The van der Waals surface area contributed by atoms with Crippen LogP contribution in [0.3, 0.4) is 0 Å². The Kier molecular flexibility index (Phi) is 7.76. The number of carbonyl (C=O) groups excluding carboxylic acids is 2. The van der Waals surface area contributed by atoms with Gasteiger partial charge in [0.25, 0.3) is 5.91 Å². The molecule has 2 amide bonds. The van der Waals surface area contributed by atoms with Gasteiger partial charge in [-0.3, -0.25) is 9.59 Å². The third-order valence-electron chi connectivity index (χ3n) is 5.11. The number of methoxy groups -OCH3 is 1. The molecule has 7 heteroatoms. The summed E-state index contributed by atoms with van der Waals surface area (Å²) in [5, 5.41) is 0. The van der Waals surface area contributed by atoms with Crippen molar-refractivity contribution in [2.45, 2.75) is 12.6 Å². The third-order valence-corrected chi connectivity index (χ3v) is 6.12. The number of rotatable bonds is 8. The van der Waals surface area contributed by atoms with Crippen LogP contribution < -0.4 is 4.74 Å². The lowest BCUT2D eigenvalue weighted by Gasteiger charge is -2.31. The lowest BCUT2D eigenvalue weighted by atomic mass is 10.1. The van der Waals surface area contributed by atoms with Crippen LogP contribution in [0.25, 0.3) is 0 Å². The third kappa shape index (κ3) is 5.55. The fraction of sp³-hybridized carbons (Fsp3) is 0.391. The van der Waals surface area contributed by atoms with Crippen LogP contribution in [-0.2, 0) is 11.3 Å². The smallest absolute Gasteiger partial charge is 0.255 e. The quantitative estimate of drug-likeness (QED) is 0.649. The molecule has 3 rings (SSSR count). The van der Waals surface area contributed by atoms with Crippen LogP contribution in [0, 0.1) is 0 Å². The Labute approximate surface area is 182 Å². The molecule has 0 bridgehead atoms. The summed E-state index contributed by atoms with van der Waals surface area (Å²) >= 11 is 1.62. The van der Waals surface area contributed by atoms with E-state index in [4.69, 9.17) is 4.74 Å². The molecule has 0 N–H and O–H groups in total. The number of benzene rings is 2. The molecule has 1 fully saturated rings. The fourth-order valence-corrected chi connectivity index (χ4v) is 4.49. The highest BCUT2D eigenvalue weighted by Crippen LogP contribution is 2.26. The Bertz CT molecular complexity index is 843. The maximum absolute atomic E-state index is 13.5. The van der Waals surface area contributed by atoms with E-state index >= 15 is 0 Å². The average Bonchev–Trinajstić information content (AvgIpc) is 3.26. The Hall–Kier alpha value is -2.51. The van der Waals surface area contributed by atoms with E-state index < -0.39 is 6.04 Å². The number of nitrogens with zero attached hydrogens (tertiary/aromatic N) is 3. The van der Waals surface area contributed by atoms with Crippen LogP contribution in [0.2, 0.25) is 0 Å². The minimum atomic E-state index is -0.449. The van der Waals surface area contributed by atoms with Crippen LogP contribution in [0.5, 0.6) is 5.75 Å². The van der Waals surface area contributed by atoms with Crippen molar-refractivity contribution in [3.63, 3.8) is 0 Å². The van der Waals surface area contributed by atoms with Crippen molar-refractivity contribution >= 4 is 23.6 Å². The van der Waals surface area contributed by atoms with Gasteiger partial charge in [-0.25, -0.2) is 0 Å². The van der Waals surface area contributed by atoms with Crippen LogP contribution in [0.15, 0.2) is 54.6 Å². The van der Waals surface area contributed by atoms with Crippen molar-refractivity contribution in [2.75, 3.05) is 45.9 Å². The number of hydrogen-bond acceptors (Lipinski definition) is 5. The van der Waals surface area contributed by atoms with Gasteiger partial charge >= 0.3 is 0 Å². The van der Waals surface area contributed by atoms with Gasteiger partial charge in [-0.2, -0.15) is 0 Å². The van der Waals surface area contributed by atoms with Gasteiger partial charge in [0, 0.05) is 31.0 Å². The van der Waals surface area contributed by atoms with E-state index in [-0.39, 0.29) is 11.8 Å². The maximum Gasteiger partial charge on any atom is 0.255 e. The number of hydrogen-bond donors (Lipinski definition) is 0. The van der Waals surface area contributed by atoms with E-state index in [9.17, 15) is 9.59 Å². The van der Waals surface area contributed by atoms with Gasteiger partial charge in [0.2, 0.25) is 5.91 Å². The second kappa shape index (κ2) is 10.5. The van der Waals surface area contributed by atoms with E-state index in [0.29, 0.717) is 36.0 Å². The van der Waals surface area contributed by atoms with Crippen LogP contribution in [-0.4, -0.2) is 78.5 Å². The number of likely N-dealkylation sites (N-methyl/N-ethyl adjacent to an activating group) is 1. The van der Waals surface area contributed by atoms with E-state index in [1.807, 2.05) is 49.3 Å². The summed E-state index contributed by atoms with van der Waals surface area (Å²) in [6.45, 7) is 1.93. The van der Waals surface area contributed by atoms with E-state index in [1.54, 1.807) is 48.0 Å². The van der Waals surface area contributed by atoms with Gasteiger partial charge in [0.15, 0.2) is 0 Å². The fourth-order valence-electron chi connectivity index (χ4n) is 3.35. The van der Waals surface area contributed by atoms with Crippen molar-refractivity contribution in [1.82, 2.24) is 14.7 Å². The summed E-state index contributed by atoms with van der Waals surface area (Å²) in [5.74, 6) is 1.73. The predicted octanol–water partition coefficient (Wildman–Crippen LogP) is 2.80. The van der Waals surface area contributed by atoms with E-state index in [0.717, 1.165) is 12.1 Å². The lowest BCUT2D eigenvalue weighted by Crippen LogP contribution is -2.50. The van der Waals surface area contributed by atoms with E-state index in [2.05, 4.69) is 4.90 Å². The molecule has 0 saturated carbocycles. The van der Waals surface area contributed by atoms with Gasteiger partial charge in [-0.05, 0) is 43.9 Å². The van der Waals surface area contributed by atoms with Gasteiger partial charge in [-0.15, -0.1) is 11.8 Å². The molecule has 1 atom stereocenters. The Morgan fingerprint density at radius 1 is 1.07 bits per heavy atom. The Morgan fingerprint density at radius 3 is 2.40 bits per heavy atom. The number of amides is 2. The summed E-state index contributed by atoms with van der Waals surface area (Å²) < 4.78 is 5.17. The zero-order chi connectivity index (χ0) is 21.5. The van der Waals surface area contributed by atoms with Crippen molar-refractivity contribution in [1.29, 1.82) is 0 Å². The monoisotopic (exact) mass is 427 g/mol. The molecular weight excluding hydrogens is 398 g/mol. The summed E-state index contributed by atoms with van der Waals surface area (Å²) in [4.78, 5) is 32.2. The molecule has 1 unspecified atom stereocenters. The van der Waals surface area contributed by atoms with Crippen molar-refractivity contribution in [3.05, 3.63) is 65.7 Å². The molecule has 6 nitrogen and oxygen atoms in total. The molecule has 2 aromatic rings. The molecule has 0 aromatic heterocycles. The highest BCUT2D eigenvalue weighted by atomic mass is 32.2. The second-order valence-corrected chi connectivity index (χ2v) is 8.57. The molecule has 2 aromatic carbocycles. The first-order chi connectivity index (χ1) is 14.5. The normalized spacial score (nSPS) is 16.0.